The summed E-state index contributed by atoms with van der Waals surface area (Å²) < 4.78 is 44.1. The van der Waals surface area contributed by atoms with E-state index in [-0.39, 0.29) is 23.3 Å². The molecule has 4 N–H and O–H groups in total. The maximum atomic E-state index is 13.5. The van der Waals surface area contributed by atoms with Crippen molar-refractivity contribution in [2.24, 2.45) is 5.73 Å². The van der Waals surface area contributed by atoms with E-state index in [2.05, 4.69) is 15.0 Å². The van der Waals surface area contributed by atoms with E-state index in [4.69, 9.17) is 34.5 Å². The van der Waals surface area contributed by atoms with Crippen molar-refractivity contribution in [2.45, 2.75) is 49.8 Å². The van der Waals surface area contributed by atoms with Crippen molar-refractivity contribution in [1.29, 1.82) is 0 Å². The van der Waals surface area contributed by atoms with Gasteiger partial charge in [-0.3, -0.25) is 23.7 Å². The Morgan fingerprint density at radius 3 is 2.75 bits per heavy atom. The largest absolute Gasteiger partial charge is 0.530 e. The summed E-state index contributed by atoms with van der Waals surface area (Å²) in [6.07, 6.45) is -0.434. The lowest BCUT2D eigenvalue weighted by Gasteiger charge is -2.35. The molecule has 16 heteroatoms. The minimum absolute atomic E-state index is 0.00937. The van der Waals surface area contributed by atoms with Gasteiger partial charge in [0.2, 0.25) is 11.8 Å². The normalized spacial score (nSPS) is 34.7. The molecule has 15 nitrogen and oxygen atoms in total. The molecular weight excluding hydrogens is 497 g/mol. The van der Waals surface area contributed by atoms with Crippen molar-refractivity contribution in [3.63, 3.8) is 0 Å². The number of non-ortho nitro benzene ring substituents is 1. The number of nitrogen functional groups attached to an aromatic ring is 1. The van der Waals surface area contributed by atoms with E-state index in [1.54, 1.807) is 11.5 Å². The minimum Gasteiger partial charge on any atom is -0.476 e. The van der Waals surface area contributed by atoms with Gasteiger partial charge in [0.05, 0.1) is 23.4 Å². The van der Waals surface area contributed by atoms with Crippen LogP contribution in [0.1, 0.15) is 26.5 Å². The summed E-state index contributed by atoms with van der Waals surface area (Å²) >= 11 is 0. The van der Waals surface area contributed by atoms with Gasteiger partial charge in [0.25, 0.3) is 5.69 Å². The standard InChI is InChI=1S/C20H22N7O8P/c1-3-31-15-13-14(24-18(21)25-15)26(9-23-13)17-19(2,22)16-20(32-17)8-12(20)34-36(30,35-16)33-11-6-4-10(5-7-11)27(28)29/h4-7,9,12,16-17H,3,8,22H2,1-2H3,(H2,21,24,25)/t12-,16+,17-,19-,20?,36?/m1/s1. The second-order valence-electron chi connectivity index (χ2n) is 9.01. The van der Waals surface area contributed by atoms with E-state index in [1.165, 1.54) is 30.6 Å². The van der Waals surface area contributed by atoms with Crippen molar-refractivity contribution < 1.29 is 32.5 Å². The van der Waals surface area contributed by atoms with Gasteiger partial charge in [-0.25, -0.2) is 9.55 Å². The van der Waals surface area contributed by atoms with E-state index in [9.17, 15) is 14.7 Å². The Morgan fingerprint density at radius 1 is 1.31 bits per heavy atom. The molecule has 1 saturated carbocycles. The van der Waals surface area contributed by atoms with Crippen LogP contribution in [-0.4, -0.2) is 54.4 Å². The number of aromatic nitrogens is 4. The number of phosphoric acid groups is 1. The molecule has 0 amide bonds. The van der Waals surface area contributed by atoms with Crippen molar-refractivity contribution in [3.8, 4) is 11.6 Å². The van der Waals surface area contributed by atoms with Crippen LogP contribution in [0.4, 0.5) is 11.6 Å². The number of imidazole rings is 1. The van der Waals surface area contributed by atoms with Crippen molar-refractivity contribution in [2.75, 3.05) is 12.3 Å². The fourth-order valence-electron chi connectivity index (χ4n) is 4.80. The molecule has 2 aromatic heterocycles. The third-order valence-corrected chi connectivity index (χ3v) is 7.87. The molecule has 3 fully saturated rings. The molecular formula is C20H22N7O8P. The molecule has 190 valence electrons. The first-order chi connectivity index (χ1) is 17.1. The first-order valence-electron chi connectivity index (χ1n) is 11.1. The van der Waals surface area contributed by atoms with E-state index < -0.39 is 42.3 Å². The molecule has 2 unspecified atom stereocenters. The maximum Gasteiger partial charge on any atom is 0.530 e. The van der Waals surface area contributed by atoms with E-state index >= 15 is 0 Å². The fourth-order valence-corrected chi connectivity index (χ4v) is 6.54. The van der Waals surface area contributed by atoms with Crippen LogP contribution < -0.4 is 20.7 Å². The van der Waals surface area contributed by atoms with E-state index in [0.717, 1.165) is 0 Å². The number of hydrogen-bond donors (Lipinski definition) is 2. The first-order valence-corrected chi connectivity index (χ1v) is 12.5. The first kappa shape index (κ1) is 23.1. The summed E-state index contributed by atoms with van der Waals surface area (Å²) in [5, 5.41) is 10.9. The summed E-state index contributed by atoms with van der Waals surface area (Å²) in [6.45, 7) is 3.87. The smallest absolute Gasteiger partial charge is 0.476 e. The molecule has 3 aromatic rings. The molecule has 1 aliphatic carbocycles. The number of anilines is 1. The van der Waals surface area contributed by atoms with Gasteiger partial charge in [-0.05, 0) is 26.0 Å². The van der Waals surface area contributed by atoms with Gasteiger partial charge in [-0.2, -0.15) is 9.97 Å². The van der Waals surface area contributed by atoms with Gasteiger partial charge in [0.15, 0.2) is 17.4 Å². The highest BCUT2D eigenvalue weighted by atomic mass is 31.2. The number of ether oxygens (including phenoxy) is 2. The molecule has 0 bridgehead atoms. The van der Waals surface area contributed by atoms with Crippen LogP contribution in [0, 0.1) is 10.1 Å². The number of nitrogens with two attached hydrogens (primary N) is 2. The summed E-state index contributed by atoms with van der Waals surface area (Å²) in [7, 11) is -4.14. The molecule has 2 saturated heterocycles. The highest BCUT2D eigenvalue weighted by Gasteiger charge is 2.79. The lowest BCUT2D eigenvalue weighted by Crippen LogP contribution is -2.54. The van der Waals surface area contributed by atoms with Crippen molar-refractivity contribution in [1.82, 2.24) is 19.5 Å². The zero-order valence-electron chi connectivity index (χ0n) is 19.1. The summed E-state index contributed by atoms with van der Waals surface area (Å²) in [5.74, 6) is 0.309. The SMILES string of the molecule is CCOc1nc(N)nc2c1ncn2[C@@H]1OC23C[C@H]2OP(=O)(Oc2ccc([N+](=O)[O-])cc2)O[C@H]3[C@@]1(C)N. The second kappa shape index (κ2) is 7.57. The summed E-state index contributed by atoms with van der Waals surface area (Å²) in [6, 6.07) is 5.07. The predicted molar refractivity (Wildman–Crippen MR) is 122 cm³/mol. The molecule has 6 rings (SSSR count). The van der Waals surface area contributed by atoms with Gasteiger partial charge < -0.3 is 25.5 Å². The molecule has 3 aliphatic rings. The van der Waals surface area contributed by atoms with Gasteiger partial charge in [-0.15, -0.1) is 0 Å². The molecule has 36 heavy (non-hydrogen) atoms. The Bertz CT molecular complexity index is 1430. The number of nitrogens with zero attached hydrogens (tertiary/aromatic N) is 5. The third-order valence-electron chi connectivity index (χ3n) is 6.46. The lowest BCUT2D eigenvalue weighted by atomic mass is 9.92. The zero-order chi connectivity index (χ0) is 25.5. The molecule has 4 heterocycles. The highest BCUT2D eigenvalue weighted by molar-refractivity contribution is 7.49. The monoisotopic (exact) mass is 519 g/mol. The van der Waals surface area contributed by atoms with E-state index in [0.29, 0.717) is 24.2 Å². The molecule has 1 aromatic carbocycles. The number of benzene rings is 1. The number of hydrogen-bond acceptors (Lipinski definition) is 13. The van der Waals surface area contributed by atoms with Crippen LogP contribution in [0.15, 0.2) is 30.6 Å². The Hall–Kier alpha value is -3.36. The number of nitro benzene ring substituents is 1. The minimum atomic E-state index is -4.14. The van der Waals surface area contributed by atoms with E-state index in [1.807, 2.05) is 6.92 Å². The van der Waals surface area contributed by atoms with Crippen molar-refractivity contribution in [3.05, 3.63) is 40.7 Å². The lowest BCUT2D eigenvalue weighted by molar-refractivity contribution is -0.384. The number of rotatable bonds is 6. The Labute approximate surface area is 203 Å². The average molecular weight is 519 g/mol. The highest BCUT2D eigenvalue weighted by Crippen LogP contribution is 2.71. The number of phosphoric ester groups is 1. The van der Waals surface area contributed by atoms with Crippen LogP contribution in [-0.2, 0) is 18.3 Å². The van der Waals surface area contributed by atoms with Gasteiger partial charge in [0, 0.05) is 18.6 Å². The van der Waals surface area contributed by atoms with Crippen LogP contribution in [0.3, 0.4) is 0 Å². The van der Waals surface area contributed by atoms with Crippen molar-refractivity contribution >= 4 is 30.6 Å². The van der Waals surface area contributed by atoms with Crippen LogP contribution in [0.25, 0.3) is 11.2 Å². The Morgan fingerprint density at radius 2 is 2.06 bits per heavy atom. The van der Waals surface area contributed by atoms with Crippen LogP contribution in [0.2, 0.25) is 0 Å². The fraction of sp³-hybridized carbons (Fsp3) is 0.450. The molecule has 2 aliphatic heterocycles. The van der Waals surface area contributed by atoms with Gasteiger partial charge in [-0.1, -0.05) is 0 Å². The summed E-state index contributed by atoms with van der Waals surface area (Å²) in [5.41, 5.74) is 11.1. The van der Waals surface area contributed by atoms with Gasteiger partial charge >= 0.3 is 7.82 Å². The predicted octanol–water partition coefficient (Wildman–Crippen LogP) is 2.08. The quantitative estimate of drug-likeness (QED) is 0.272. The van der Waals surface area contributed by atoms with Crippen LogP contribution >= 0.6 is 7.82 Å². The molecule has 0 radical (unpaired) electrons. The topological polar surface area (TPSA) is 202 Å². The number of fused-ring (bicyclic) bond motifs is 1. The molecule has 6 atom stereocenters. The summed E-state index contributed by atoms with van der Waals surface area (Å²) in [4.78, 5) is 23.1. The average Bonchev–Trinajstić information content (AvgIpc) is 3.27. The Kier molecular flexibility index (Phi) is 4.85. The zero-order valence-corrected chi connectivity index (χ0v) is 20.0. The Balaban J connectivity index is 1.31. The maximum absolute atomic E-state index is 13.5. The third kappa shape index (κ3) is 3.35. The number of nitro groups is 1. The van der Waals surface area contributed by atoms with Gasteiger partial charge in [0.1, 0.15) is 23.6 Å². The second-order valence-corrected chi connectivity index (χ2v) is 10.5. The molecule has 1 spiro atoms. The van der Waals surface area contributed by atoms with Crippen LogP contribution in [0.5, 0.6) is 11.6 Å².